The Hall–Kier alpha value is -0.380. The Kier molecular flexibility index (Phi) is 5.17. The van der Waals surface area contributed by atoms with Crippen molar-refractivity contribution < 1.29 is 5.11 Å². The molecule has 0 aliphatic carbocycles. The molecule has 1 aromatic carbocycles. The summed E-state index contributed by atoms with van der Waals surface area (Å²) in [6.45, 7) is 6.85. The van der Waals surface area contributed by atoms with Crippen LogP contribution in [-0.4, -0.2) is 17.8 Å². The molecule has 0 bridgehead atoms. The first-order valence-electron chi connectivity index (χ1n) is 5.97. The highest BCUT2D eigenvalue weighted by molar-refractivity contribution is 9.10. The van der Waals surface area contributed by atoms with Crippen molar-refractivity contribution in [3.05, 3.63) is 34.3 Å². The quantitative estimate of drug-likeness (QED) is 0.896. The third-order valence-electron chi connectivity index (χ3n) is 2.82. The lowest BCUT2D eigenvalue weighted by atomic mass is 9.82. The second kappa shape index (κ2) is 5.98. The first-order chi connectivity index (χ1) is 7.83. The lowest BCUT2D eigenvalue weighted by Crippen LogP contribution is -2.29. The minimum atomic E-state index is -0.394. The highest BCUT2D eigenvalue weighted by atomic mass is 79.9. The van der Waals surface area contributed by atoms with Crippen molar-refractivity contribution in [2.45, 2.75) is 39.2 Å². The number of aliphatic hydroxyl groups excluding tert-OH is 1. The molecule has 0 aliphatic heterocycles. The van der Waals surface area contributed by atoms with E-state index in [-0.39, 0.29) is 11.3 Å². The maximum absolute atomic E-state index is 10.3. The molecule has 0 fully saturated rings. The summed E-state index contributed by atoms with van der Waals surface area (Å²) in [7, 11) is 0. The van der Waals surface area contributed by atoms with Crippen LogP contribution in [0.5, 0.6) is 0 Å². The van der Waals surface area contributed by atoms with E-state index in [1.54, 1.807) is 0 Å². The van der Waals surface area contributed by atoms with Gasteiger partial charge in [-0.2, -0.15) is 0 Å². The number of nitrogens with two attached hydrogens (primary N) is 1. The monoisotopic (exact) mass is 299 g/mol. The van der Waals surface area contributed by atoms with Crippen LogP contribution in [0.15, 0.2) is 28.7 Å². The predicted molar refractivity (Wildman–Crippen MR) is 76.0 cm³/mol. The van der Waals surface area contributed by atoms with E-state index in [2.05, 4.69) is 36.7 Å². The third-order valence-corrected chi connectivity index (χ3v) is 3.31. The van der Waals surface area contributed by atoms with Crippen LogP contribution in [0.2, 0.25) is 0 Å². The third kappa shape index (κ3) is 4.78. The molecule has 1 aromatic rings. The molecular formula is C14H22BrNO. The smallest absolute Gasteiger partial charge is 0.0625 e. The van der Waals surface area contributed by atoms with Gasteiger partial charge in [0.2, 0.25) is 0 Å². The van der Waals surface area contributed by atoms with E-state index in [0.717, 1.165) is 16.5 Å². The molecule has 1 rings (SSSR count). The van der Waals surface area contributed by atoms with Gasteiger partial charge >= 0.3 is 0 Å². The molecule has 0 spiro atoms. The zero-order chi connectivity index (χ0) is 13.1. The van der Waals surface area contributed by atoms with Gasteiger partial charge in [0.05, 0.1) is 6.10 Å². The van der Waals surface area contributed by atoms with Crippen LogP contribution in [0.4, 0.5) is 0 Å². The maximum atomic E-state index is 10.3. The average molecular weight is 300 g/mol. The van der Waals surface area contributed by atoms with Gasteiger partial charge in [0.15, 0.2) is 0 Å². The zero-order valence-corrected chi connectivity index (χ0v) is 12.4. The standard InChI is InChI=1S/C14H22BrNO/c1-14(2,3)8-13(17)12(9-16)10-5-4-6-11(15)7-10/h4-7,12-13,17H,8-9,16H2,1-3H3. The Balaban J connectivity index is 2.84. The normalized spacial score (nSPS) is 15.6. The van der Waals surface area contributed by atoms with E-state index in [4.69, 9.17) is 5.73 Å². The summed E-state index contributed by atoms with van der Waals surface area (Å²) in [5, 5.41) is 10.3. The molecule has 3 N–H and O–H groups in total. The molecule has 0 saturated carbocycles. The maximum Gasteiger partial charge on any atom is 0.0625 e. The molecule has 0 radical (unpaired) electrons. The summed E-state index contributed by atoms with van der Waals surface area (Å²) in [6, 6.07) is 8.01. The average Bonchev–Trinajstić information content (AvgIpc) is 2.15. The molecule has 2 atom stereocenters. The van der Waals surface area contributed by atoms with Crippen LogP contribution >= 0.6 is 15.9 Å². The van der Waals surface area contributed by atoms with Crippen LogP contribution in [-0.2, 0) is 0 Å². The number of rotatable bonds is 4. The van der Waals surface area contributed by atoms with Crippen molar-refractivity contribution in [3.8, 4) is 0 Å². The molecule has 0 aromatic heterocycles. The van der Waals surface area contributed by atoms with Crippen molar-refractivity contribution >= 4 is 15.9 Å². The second-order valence-electron chi connectivity index (χ2n) is 5.73. The first kappa shape index (κ1) is 14.7. The van der Waals surface area contributed by atoms with Crippen LogP contribution in [0.3, 0.4) is 0 Å². The fourth-order valence-electron chi connectivity index (χ4n) is 2.02. The van der Waals surface area contributed by atoms with Gasteiger partial charge in [0, 0.05) is 16.9 Å². The van der Waals surface area contributed by atoms with Gasteiger partial charge in [-0.05, 0) is 29.5 Å². The van der Waals surface area contributed by atoms with Crippen LogP contribution in [0, 0.1) is 5.41 Å². The van der Waals surface area contributed by atoms with Gasteiger partial charge in [0.1, 0.15) is 0 Å². The Bertz CT molecular complexity index is 359. The lowest BCUT2D eigenvalue weighted by Gasteiger charge is -2.28. The van der Waals surface area contributed by atoms with Crippen LogP contribution < -0.4 is 5.73 Å². The fraction of sp³-hybridized carbons (Fsp3) is 0.571. The molecule has 17 heavy (non-hydrogen) atoms. The summed E-state index contributed by atoms with van der Waals surface area (Å²) >= 11 is 3.45. The van der Waals surface area contributed by atoms with E-state index in [1.807, 2.05) is 24.3 Å². The van der Waals surface area contributed by atoms with Gasteiger partial charge in [-0.25, -0.2) is 0 Å². The molecule has 0 heterocycles. The Morgan fingerprint density at radius 1 is 1.35 bits per heavy atom. The largest absolute Gasteiger partial charge is 0.392 e. The van der Waals surface area contributed by atoms with Crippen molar-refractivity contribution in [2.75, 3.05) is 6.54 Å². The number of hydrogen-bond donors (Lipinski definition) is 2. The van der Waals surface area contributed by atoms with E-state index in [0.29, 0.717) is 6.54 Å². The SMILES string of the molecule is CC(C)(C)CC(O)C(CN)c1cccc(Br)c1. The first-order valence-corrected chi connectivity index (χ1v) is 6.76. The van der Waals surface area contributed by atoms with Crippen molar-refractivity contribution in [3.63, 3.8) is 0 Å². The van der Waals surface area contributed by atoms with Gasteiger partial charge in [-0.15, -0.1) is 0 Å². The number of aliphatic hydroxyl groups is 1. The molecule has 3 heteroatoms. The van der Waals surface area contributed by atoms with Crippen molar-refractivity contribution in [1.29, 1.82) is 0 Å². The zero-order valence-electron chi connectivity index (χ0n) is 10.8. The minimum Gasteiger partial charge on any atom is -0.392 e. The van der Waals surface area contributed by atoms with Gasteiger partial charge in [-0.1, -0.05) is 48.8 Å². The molecule has 96 valence electrons. The summed E-state index contributed by atoms with van der Waals surface area (Å²) in [4.78, 5) is 0. The molecular weight excluding hydrogens is 278 g/mol. The van der Waals surface area contributed by atoms with Crippen molar-refractivity contribution in [2.24, 2.45) is 11.1 Å². The van der Waals surface area contributed by atoms with E-state index in [9.17, 15) is 5.11 Å². The highest BCUT2D eigenvalue weighted by Gasteiger charge is 2.25. The predicted octanol–water partition coefficient (Wildman–Crippen LogP) is 3.29. The Labute approximate surface area is 112 Å². The minimum absolute atomic E-state index is 0.00623. The number of halogens is 1. The van der Waals surface area contributed by atoms with Crippen molar-refractivity contribution in [1.82, 2.24) is 0 Å². The fourth-order valence-corrected chi connectivity index (χ4v) is 2.44. The topological polar surface area (TPSA) is 46.2 Å². The Morgan fingerprint density at radius 2 is 2.00 bits per heavy atom. The van der Waals surface area contributed by atoms with Gasteiger partial charge < -0.3 is 10.8 Å². The molecule has 0 aliphatic rings. The number of benzene rings is 1. The second-order valence-corrected chi connectivity index (χ2v) is 6.65. The van der Waals surface area contributed by atoms with Crippen LogP contribution in [0.25, 0.3) is 0 Å². The molecule has 2 nitrogen and oxygen atoms in total. The number of hydrogen-bond acceptors (Lipinski definition) is 2. The van der Waals surface area contributed by atoms with E-state index < -0.39 is 6.10 Å². The van der Waals surface area contributed by atoms with E-state index in [1.165, 1.54) is 0 Å². The van der Waals surface area contributed by atoms with Crippen LogP contribution in [0.1, 0.15) is 38.7 Å². The summed E-state index contributed by atoms with van der Waals surface area (Å²) in [6.07, 6.45) is 0.357. The molecule has 2 unspecified atom stereocenters. The van der Waals surface area contributed by atoms with E-state index >= 15 is 0 Å². The molecule has 0 saturated heterocycles. The molecule has 0 amide bonds. The highest BCUT2D eigenvalue weighted by Crippen LogP contribution is 2.29. The summed E-state index contributed by atoms with van der Waals surface area (Å²) in [5.41, 5.74) is 7.01. The summed E-state index contributed by atoms with van der Waals surface area (Å²) in [5.74, 6) is 0.00623. The van der Waals surface area contributed by atoms with Gasteiger partial charge in [-0.3, -0.25) is 0 Å². The van der Waals surface area contributed by atoms with Gasteiger partial charge in [0.25, 0.3) is 0 Å². The lowest BCUT2D eigenvalue weighted by molar-refractivity contribution is 0.0972. The summed E-state index contributed by atoms with van der Waals surface area (Å²) < 4.78 is 1.02. The Morgan fingerprint density at radius 3 is 2.47 bits per heavy atom.